The highest BCUT2D eigenvalue weighted by atomic mass is 32.1. The number of para-hydroxylation sites is 3. The number of rotatable bonds is 7. The van der Waals surface area contributed by atoms with Crippen LogP contribution in [0, 0.1) is 0 Å². The van der Waals surface area contributed by atoms with Gasteiger partial charge < -0.3 is 13.3 Å². The fourth-order valence-corrected chi connectivity index (χ4v) is 23.1. The van der Waals surface area contributed by atoms with E-state index in [4.69, 9.17) is 43.2 Å². The standard InChI is InChI=1S/C43H28N2OS.C37H26N2OS.C34H23N3O/c1-43(2)32-23-24-34-37(29-13-6-8-17-33(29)46-34)36(32)31-16-10-15-28(38(31)43)25-19-21-27(22-20-25)42-44-39(26-11-4-3-5-12-26)41-40(45-42)30-14-7-9-18-35(30)47-41;1-37(2)26-19-20-28-31(22-13-6-8-17-27(22)40-28)30(26)24-15-10-16-25(32(24)37)34-35-33(23-14-7-9-18-29(23)41-35)38-36(39-34)21-11-4-3-5-12-21;1-34(2)26-11-5-3-9-21(26)24-19-31-25(18-27(24)34)22-15-14-20(17-30(22)38-31)33-36-28-12-6-4-10-23(28)32(37-33)29-13-7-8-16-35-29/h3-24H,1-2H3;3-4,6-11,13-20H,5,12H2,1-2H3;3-19H,1-2H3. The van der Waals surface area contributed by atoms with Gasteiger partial charge in [-0.3, -0.25) is 4.98 Å². The third kappa shape index (κ3) is 11.3. The summed E-state index contributed by atoms with van der Waals surface area (Å²) in [5, 5.41) is 10.3. The second kappa shape index (κ2) is 28.0. The van der Waals surface area contributed by atoms with Crippen LogP contribution in [0.3, 0.4) is 0 Å². The van der Waals surface area contributed by atoms with Gasteiger partial charge in [-0.1, -0.05) is 290 Å². The Hall–Kier alpha value is -15.0. The number of aromatic nitrogens is 7. The summed E-state index contributed by atoms with van der Waals surface area (Å²) in [5.41, 5.74) is 35.3. The first-order valence-corrected chi connectivity index (χ1v) is 44.7. The van der Waals surface area contributed by atoms with Crippen LogP contribution in [0.4, 0.5) is 0 Å². The van der Waals surface area contributed by atoms with Crippen molar-refractivity contribution in [2.24, 2.45) is 0 Å². The number of benzene rings is 14. The van der Waals surface area contributed by atoms with Crippen LogP contribution < -0.4 is 0 Å². The summed E-state index contributed by atoms with van der Waals surface area (Å²) in [6.07, 6.45) is 10.3. The predicted molar refractivity (Wildman–Crippen MR) is 521 cm³/mol. The van der Waals surface area contributed by atoms with E-state index in [0.29, 0.717) is 5.82 Å². The molecule has 0 N–H and O–H groups in total. The maximum absolute atomic E-state index is 6.46. The molecule has 0 amide bonds. The summed E-state index contributed by atoms with van der Waals surface area (Å²) in [5.74, 6) is 2.24. The van der Waals surface area contributed by atoms with E-state index in [9.17, 15) is 0 Å². The van der Waals surface area contributed by atoms with Crippen molar-refractivity contribution in [1.29, 1.82) is 0 Å². The van der Waals surface area contributed by atoms with Crippen LogP contribution in [0.1, 0.15) is 93.6 Å². The van der Waals surface area contributed by atoms with E-state index in [1.54, 1.807) is 28.9 Å². The third-order valence-electron chi connectivity index (χ3n) is 26.8. The molecule has 0 saturated carbocycles. The number of thiophene rings is 2. The van der Waals surface area contributed by atoms with Gasteiger partial charge in [0.1, 0.15) is 39.2 Å². The van der Waals surface area contributed by atoms with Gasteiger partial charge in [-0.15, -0.1) is 22.7 Å². The SMILES string of the molecule is CC1(C)c2ccc3oc4ccccc4c3c2-c2cccc(-c3ccc(-c4nc(-c5ccccc5)c5sc6ccccc6c5n4)cc3)c21.CC1(C)c2ccc3oc4ccccc4c3c2-c2cccc(-c3nc(C4=CC=CCC4)nc4c3sc3ccccc34)c21.CC1(C)c2ccccc2-c2cc3oc4cc(-c5nc(-c6ccccn6)c6ccccc6n5)ccc4c3cc21. The fourth-order valence-electron chi connectivity index (χ4n) is 20.8. The average Bonchev–Trinajstić information content (AvgIpc) is 1.54. The predicted octanol–water partition coefficient (Wildman–Crippen LogP) is 31.1. The first-order valence-electron chi connectivity index (χ1n) is 43.1. The zero-order valence-electron chi connectivity index (χ0n) is 69.8. The van der Waals surface area contributed by atoms with Crippen molar-refractivity contribution in [3.05, 3.63) is 373 Å². The second-order valence-electron chi connectivity index (χ2n) is 35.1. The summed E-state index contributed by atoms with van der Waals surface area (Å²) >= 11 is 3.56. The molecular formula is C114H77N7O3S2. The van der Waals surface area contributed by atoms with Crippen molar-refractivity contribution in [3.8, 4) is 101 Å². The molecule has 10 nitrogen and oxygen atoms in total. The average molecular weight is 1660 g/mol. The van der Waals surface area contributed by atoms with Gasteiger partial charge in [0.25, 0.3) is 0 Å². The molecule has 4 aliphatic rings. The number of nitrogens with zero attached hydrogens (tertiary/aromatic N) is 7. The molecule has 126 heavy (non-hydrogen) atoms. The Morgan fingerprint density at radius 2 is 0.841 bits per heavy atom. The largest absolute Gasteiger partial charge is 0.456 e. The Kier molecular flexibility index (Phi) is 16.4. The number of hydrogen-bond acceptors (Lipinski definition) is 12. The maximum Gasteiger partial charge on any atom is 0.160 e. The van der Waals surface area contributed by atoms with E-state index in [1.165, 1.54) is 131 Å². The molecule has 0 unspecified atom stereocenters. The zero-order valence-corrected chi connectivity index (χ0v) is 71.5. The number of allylic oxidation sites excluding steroid dienone is 4. The minimum atomic E-state index is -0.214. The van der Waals surface area contributed by atoms with Crippen LogP contribution in [0.25, 0.3) is 224 Å². The Bertz CT molecular complexity index is 8640. The molecule has 0 aliphatic heterocycles. The van der Waals surface area contributed by atoms with Crippen molar-refractivity contribution in [2.45, 2.75) is 70.6 Å². The lowest BCUT2D eigenvalue weighted by atomic mass is 9.78. The maximum atomic E-state index is 6.46. The lowest BCUT2D eigenvalue weighted by Gasteiger charge is -2.24. The van der Waals surface area contributed by atoms with Crippen molar-refractivity contribution in [3.63, 3.8) is 0 Å². The van der Waals surface area contributed by atoms with Gasteiger partial charge in [-0.05, 0) is 175 Å². The lowest BCUT2D eigenvalue weighted by Crippen LogP contribution is -2.16. The molecule has 0 radical (unpaired) electrons. The van der Waals surface area contributed by atoms with Gasteiger partial charge in [0.05, 0.1) is 43.0 Å². The third-order valence-corrected chi connectivity index (χ3v) is 29.1. The fraction of sp³-hybridized carbons (Fsp3) is 0.0965. The Morgan fingerprint density at radius 3 is 1.52 bits per heavy atom. The zero-order chi connectivity index (χ0) is 84.0. The molecular weight excluding hydrogens is 1580 g/mol. The Balaban J connectivity index is 0.000000104. The van der Waals surface area contributed by atoms with Gasteiger partial charge >= 0.3 is 0 Å². The number of pyridine rings is 1. The first-order chi connectivity index (χ1) is 61.7. The quantitative estimate of drug-likeness (QED) is 0.152. The van der Waals surface area contributed by atoms with E-state index < -0.39 is 0 Å². The van der Waals surface area contributed by atoms with E-state index in [0.717, 1.165) is 140 Å². The van der Waals surface area contributed by atoms with Gasteiger partial charge in [0.15, 0.2) is 17.5 Å². The summed E-state index contributed by atoms with van der Waals surface area (Å²) in [6, 6.07) is 109. The molecule has 23 aromatic rings. The summed E-state index contributed by atoms with van der Waals surface area (Å²) in [4.78, 5) is 35.4. The monoisotopic (exact) mass is 1660 g/mol. The molecule has 0 saturated heterocycles. The number of furan rings is 3. The van der Waals surface area contributed by atoms with Gasteiger partial charge in [-0.25, -0.2) is 29.9 Å². The topological polar surface area (TPSA) is 130 Å². The number of hydrogen-bond donors (Lipinski definition) is 0. The number of fused-ring (bicyclic) bond motifs is 27. The highest BCUT2D eigenvalue weighted by Gasteiger charge is 2.43. The van der Waals surface area contributed by atoms with Crippen LogP contribution >= 0.6 is 22.7 Å². The summed E-state index contributed by atoms with van der Waals surface area (Å²) < 4.78 is 23.8. The molecule has 9 aromatic heterocycles. The van der Waals surface area contributed by atoms with Gasteiger partial charge in [0, 0.05) is 103 Å². The minimum Gasteiger partial charge on any atom is -0.456 e. The Morgan fingerprint density at radius 1 is 0.310 bits per heavy atom. The van der Waals surface area contributed by atoms with E-state index in [1.807, 2.05) is 60.7 Å². The van der Waals surface area contributed by atoms with Crippen molar-refractivity contribution in [1.82, 2.24) is 34.9 Å². The normalized spacial score (nSPS) is 14.3. The Labute approximate surface area is 733 Å². The minimum absolute atomic E-state index is 0.0511. The lowest BCUT2D eigenvalue weighted by molar-refractivity contribution is 0.657. The molecule has 27 rings (SSSR count). The molecule has 0 bridgehead atoms. The molecule has 0 spiro atoms. The molecule has 0 atom stereocenters. The summed E-state index contributed by atoms with van der Waals surface area (Å²) in [6.45, 7) is 14.0. The smallest absolute Gasteiger partial charge is 0.160 e. The van der Waals surface area contributed by atoms with Crippen LogP contribution in [-0.2, 0) is 16.2 Å². The van der Waals surface area contributed by atoms with Crippen LogP contribution in [0.2, 0.25) is 0 Å². The molecule has 9 heterocycles. The molecule has 4 aliphatic carbocycles. The highest BCUT2D eigenvalue weighted by molar-refractivity contribution is 7.26. The van der Waals surface area contributed by atoms with Crippen LogP contribution in [0.5, 0.6) is 0 Å². The van der Waals surface area contributed by atoms with Crippen LogP contribution in [0.15, 0.2) is 347 Å². The molecule has 12 heteroatoms. The molecule has 14 aromatic carbocycles. The van der Waals surface area contributed by atoms with E-state index in [2.05, 4.69) is 313 Å². The van der Waals surface area contributed by atoms with Crippen molar-refractivity contribution >= 4 is 146 Å². The molecule has 0 fully saturated rings. The van der Waals surface area contributed by atoms with Gasteiger partial charge in [0.2, 0.25) is 0 Å². The van der Waals surface area contributed by atoms with Crippen LogP contribution in [-0.4, -0.2) is 34.9 Å². The second-order valence-corrected chi connectivity index (χ2v) is 37.2. The van der Waals surface area contributed by atoms with Gasteiger partial charge in [-0.2, -0.15) is 0 Å². The van der Waals surface area contributed by atoms with E-state index >= 15 is 0 Å². The molecule has 598 valence electrons. The highest BCUT2D eigenvalue weighted by Crippen LogP contribution is 2.59. The summed E-state index contributed by atoms with van der Waals surface area (Å²) in [7, 11) is 0. The first kappa shape index (κ1) is 73.7. The van der Waals surface area contributed by atoms with Crippen molar-refractivity contribution in [2.75, 3.05) is 0 Å². The van der Waals surface area contributed by atoms with Crippen molar-refractivity contribution < 1.29 is 13.3 Å². The van der Waals surface area contributed by atoms with E-state index in [-0.39, 0.29) is 16.2 Å².